The van der Waals surface area contributed by atoms with E-state index >= 15 is 0 Å². The number of pyridine rings is 1. The normalized spacial score (nSPS) is 10.2. The lowest BCUT2D eigenvalue weighted by Crippen LogP contribution is -2.18. The topological polar surface area (TPSA) is 134 Å². The number of nitriles is 1. The van der Waals surface area contributed by atoms with Crippen molar-refractivity contribution >= 4 is 17.7 Å². The number of aromatic nitrogens is 1. The van der Waals surface area contributed by atoms with Gasteiger partial charge in [0.05, 0.1) is 25.0 Å². The van der Waals surface area contributed by atoms with Gasteiger partial charge in [0.1, 0.15) is 23.2 Å². The number of hydrogen-bond donors (Lipinski definition) is 3. The maximum absolute atomic E-state index is 12.7. The van der Waals surface area contributed by atoms with Crippen molar-refractivity contribution in [2.75, 3.05) is 25.6 Å². The summed E-state index contributed by atoms with van der Waals surface area (Å²) in [7, 11) is 1.56. The molecule has 0 saturated carbocycles. The molecule has 1 amide bonds. The summed E-state index contributed by atoms with van der Waals surface area (Å²) in [6, 6.07) is 9.28. The van der Waals surface area contributed by atoms with Crippen LogP contribution in [-0.2, 0) is 9.53 Å². The highest BCUT2D eigenvalue weighted by molar-refractivity contribution is 6.01. The van der Waals surface area contributed by atoms with Crippen molar-refractivity contribution in [1.82, 2.24) is 10.5 Å². The molecule has 1 aromatic carbocycles. The molecule has 0 atom stereocenters. The second-order valence-corrected chi connectivity index (χ2v) is 7.00. The second kappa shape index (κ2) is 12.3. The number of rotatable bonds is 11. The van der Waals surface area contributed by atoms with Crippen molar-refractivity contribution in [2.45, 2.75) is 39.5 Å². The number of anilines is 1. The molecule has 0 fully saturated rings. The Morgan fingerprint density at radius 2 is 1.91 bits per heavy atom. The molecular formula is C23H28N4O5. The van der Waals surface area contributed by atoms with Gasteiger partial charge in [-0.3, -0.25) is 10.0 Å². The van der Waals surface area contributed by atoms with Crippen molar-refractivity contribution in [2.24, 2.45) is 0 Å². The number of nitrogens with one attached hydrogen (secondary N) is 2. The van der Waals surface area contributed by atoms with E-state index in [4.69, 9.17) is 14.7 Å². The molecule has 0 aliphatic heterocycles. The highest BCUT2D eigenvalue weighted by Gasteiger charge is 2.25. The summed E-state index contributed by atoms with van der Waals surface area (Å²) in [6.45, 7) is 4.16. The van der Waals surface area contributed by atoms with Crippen molar-refractivity contribution in [3.8, 4) is 22.9 Å². The summed E-state index contributed by atoms with van der Waals surface area (Å²) >= 11 is 0. The van der Waals surface area contributed by atoms with E-state index in [0.29, 0.717) is 41.4 Å². The lowest BCUT2D eigenvalue weighted by molar-refractivity contribution is -0.129. The molecule has 0 saturated heterocycles. The van der Waals surface area contributed by atoms with Crippen LogP contribution in [0, 0.1) is 18.3 Å². The number of unbranched alkanes of at least 4 members (excludes halogenated alkanes) is 2. The number of benzene rings is 1. The van der Waals surface area contributed by atoms with Crippen LogP contribution in [0.15, 0.2) is 24.3 Å². The van der Waals surface area contributed by atoms with Crippen LogP contribution in [0.3, 0.4) is 0 Å². The zero-order valence-electron chi connectivity index (χ0n) is 18.5. The SMILES string of the molecule is CCOC(=O)c1c(C)nc(NCCCCCC(=O)NO)c(C#N)c1-c1ccc(OC)cc1. The molecule has 32 heavy (non-hydrogen) atoms. The number of aryl methyl sites for hydroxylation is 1. The Morgan fingerprint density at radius 3 is 2.50 bits per heavy atom. The number of hydrogen-bond acceptors (Lipinski definition) is 8. The molecule has 1 aromatic heterocycles. The lowest BCUT2D eigenvalue weighted by Gasteiger charge is -2.17. The third-order valence-corrected chi connectivity index (χ3v) is 4.85. The van der Waals surface area contributed by atoms with E-state index in [1.165, 1.54) is 0 Å². The maximum atomic E-state index is 12.7. The van der Waals surface area contributed by atoms with E-state index in [9.17, 15) is 14.9 Å². The third-order valence-electron chi connectivity index (χ3n) is 4.85. The first kappa shape index (κ1) is 24.6. The van der Waals surface area contributed by atoms with Gasteiger partial charge in [0.25, 0.3) is 0 Å². The Labute approximate surface area is 187 Å². The number of carbonyl (C=O) groups is 2. The van der Waals surface area contributed by atoms with Gasteiger partial charge in [0.2, 0.25) is 5.91 Å². The minimum Gasteiger partial charge on any atom is -0.497 e. The van der Waals surface area contributed by atoms with Crippen LogP contribution in [0.2, 0.25) is 0 Å². The average molecular weight is 441 g/mol. The molecule has 0 radical (unpaired) electrons. The van der Waals surface area contributed by atoms with Crippen LogP contribution < -0.4 is 15.5 Å². The van der Waals surface area contributed by atoms with E-state index in [2.05, 4.69) is 16.4 Å². The van der Waals surface area contributed by atoms with Crippen LogP contribution in [0.1, 0.15) is 54.2 Å². The zero-order chi connectivity index (χ0) is 23.5. The van der Waals surface area contributed by atoms with E-state index in [1.807, 2.05) is 0 Å². The van der Waals surface area contributed by atoms with Crippen LogP contribution in [-0.4, -0.2) is 42.3 Å². The van der Waals surface area contributed by atoms with Gasteiger partial charge in [-0.25, -0.2) is 15.3 Å². The van der Waals surface area contributed by atoms with Crippen molar-refractivity contribution < 1.29 is 24.3 Å². The number of carbonyl (C=O) groups excluding carboxylic acids is 2. The number of amides is 1. The predicted molar refractivity (Wildman–Crippen MR) is 119 cm³/mol. The molecule has 170 valence electrons. The summed E-state index contributed by atoms with van der Waals surface area (Å²) in [5, 5.41) is 21.6. The van der Waals surface area contributed by atoms with Gasteiger partial charge in [-0.15, -0.1) is 0 Å². The Balaban J connectivity index is 2.35. The number of ether oxygens (including phenoxy) is 2. The van der Waals surface area contributed by atoms with Gasteiger partial charge >= 0.3 is 5.97 Å². The number of hydroxylamine groups is 1. The van der Waals surface area contributed by atoms with Gasteiger partial charge in [-0.2, -0.15) is 5.26 Å². The largest absolute Gasteiger partial charge is 0.497 e. The molecule has 9 heteroatoms. The van der Waals surface area contributed by atoms with Gasteiger partial charge in [-0.1, -0.05) is 18.6 Å². The first-order valence-electron chi connectivity index (χ1n) is 10.4. The summed E-state index contributed by atoms with van der Waals surface area (Å²) in [5.41, 5.74) is 3.71. The van der Waals surface area contributed by atoms with E-state index in [-0.39, 0.29) is 24.2 Å². The molecule has 9 nitrogen and oxygen atoms in total. The van der Waals surface area contributed by atoms with Gasteiger partial charge in [0, 0.05) is 18.5 Å². The highest BCUT2D eigenvalue weighted by atomic mass is 16.5. The molecular weight excluding hydrogens is 412 g/mol. The first-order valence-corrected chi connectivity index (χ1v) is 10.4. The smallest absolute Gasteiger partial charge is 0.340 e. The van der Waals surface area contributed by atoms with E-state index in [0.717, 1.165) is 12.8 Å². The van der Waals surface area contributed by atoms with Crippen molar-refractivity contribution in [1.29, 1.82) is 5.26 Å². The first-order chi connectivity index (χ1) is 15.5. The standard InChI is InChI=1S/C23H28N4O5/c1-4-32-23(29)20-15(2)26-22(25-13-7-5-6-8-19(28)27-30)18(14-24)21(20)16-9-11-17(31-3)12-10-16/h9-12,30H,4-8,13H2,1-3H3,(H,25,26)(H,27,28). The van der Waals surface area contributed by atoms with Crippen LogP contribution in [0.4, 0.5) is 5.82 Å². The van der Waals surface area contributed by atoms with Gasteiger partial charge in [0.15, 0.2) is 0 Å². The summed E-state index contributed by atoms with van der Waals surface area (Å²) in [5.74, 6) is 0.0927. The van der Waals surface area contributed by atoms with Crippen LogP contribution >= 0.6 is 0 Å². The van der Waals surface area contributed by atoms with Gasteiger partial charge in [-0.05, 0) is 44.4 Å². The second-order valence-electron chi connectivity index (χ2n) is 7.00. The number of methoxy groups -OCH3 is 1. The molecule has 0 bridgehead atoms. The molecule has 0 aliphatic rings. The quantitative estimate of drug-likeness (QED) is 0.209. The fraction of sp³-hybridized carbons (Fsp3) is 0.391. The van der Waals surface area contributed by atoms with Crippen molar-refractivity contribution in [3.63, 3.8) is 0 Å². The molecule has 1 heterocycles. The number of esters is 1. The molecule has 2 rings (SSSR count). The minimum absolute atomic E-state index is 0.205. The van der Waals surface area contributed by atoms with E-state index in [1.54, 1.807) is 50.7 Å². The molecule has 0 aliphatic carbocycles. The highest BCUT2D eigenvalue weighted by Crippen LogP contribution is 2.34. The maximum Gasteiger partial charge on any atom is 0.340 e. The molecule has 0 spiro atoms. The molecule has 2 aromatic rings. The predicted octanol–water partition coefficient (Wildman–Crippen LogP) is 3.59. The summed E-state index contributed by atoms with van der Waals surface area (Å²) in [4.78, 5) is 28.2. The Kier molecular flexibility index (Phi) is 9.44. The summed E-state index contributed by atoms with van der Waals surface area (Å²) < 4.78 is 10.4. The average Bonchev–Trinajstić information content (AvgIpc) is 2.80. The van der Waals surface area contributed by atoms with Crippen LogP contribution in [0.5, 0.6) is 5.75 Å². The zero-order valence-corrected chi connectivity index (χ0v) is 18.5. The Hall–Kier alpha value is -3.64. The third kappa shape index (κ3) is 6.18. The van der Waals surface area contributed by atoms with Crippen molar-refractivity contribution in [3.05, 3.63) is 41.1 Å². The number of nitrogens with zero attached hydrogens (tertiary/aromatic N) is 2. The summed E-state index contributed by atoms with van der Waals surface area (Å²) in [6.07, 6.45) is 2.37. The van der Waals surface area contributed by atoms with Crippen LogP contribution in [0.25, 0.3) is 11.1 Å². The Bertz CT molecular complexity index is 983. The van der Waals surface area contributed by atoms with E-state index < -0.39 is 11.9 Å². The fourth-order valence-corrected chi connectivity index (χ4v) is 3.29. The lowest BCUT2D eigenvalue weighted by atomic mass is 9.94. The molecule has 0 unspecified atom stereocenters. The molecule has 3 N–H and O–H groups in total. The minimum atomic E-state index is -0.534. The monoisotopic (exact) mass is 440 g/mol. The van der Waals surface area contributed by atoms with Gasteiger partial charge < -0.3 is 14.8 Å². The fourth-order valence-electron chi connectivity index (χ4n) is 3.29. The Morgan fingerprint density at radius 1 is 1.19 bits per heavy atom.